The highest BCUT2D eigenvalue weighted by Crippen LogP contribution is 2.35. The molecule has 0 heterocycles. The molecule has 0 aliphatic heterocycles. The molecule has 12 heavy (non-hydrogen) atoms. The van der Waals surface area contributed by atoms with Crippen molar-refractivity contribution < 1.29 is 13.9 Å². The third-order valence-corrected chi connectivity index (χ3v) is 3.89. The molecule has 4 unspecified atom stereocenters. The zero-order chi connectivity index (χ0) is 9.14. The summed E-state index contributed by atoms with van der Waals surface area (Å²) in [5, 5.41) is 8.76. The molecule has 0 aromatic rings. The Morgan fingerprint density at radius 1 is 1.50 bits per heavy atom. The highest BCUT2D eigenvalue weighted by Gasteiger charge is 2.36. The van der Waals surface area contributed by atoms with E-state index in [2.05, 4.69) is 6.92 Å². The monoisotopic (exact) mass is 192 g/mol. The lowest BCUT2D eigenvalue weighted by molar-refractivity contribution is 0.226. The highest BCUT2D eigenvalue weighted by atomic mass is 32.2. The first-order valence-corrected chi connectivity index (χ1v) is 5.56. The van der Waals surface area contributed by atoms with Gasteiger partial charge in [-0.05, 0) is 24.7 Å². The van der Waals surface area contributed by atoms with E-state index >= 15 is 0 Å². The summed E-state index contributed by atoms with van der Waals surface area (Å²) < 4.78 is 19.8. The van der Waals surface area contributed by atoms with Crippen LogP contribution in [0.5, 0.6) is 0 Å². The molecule has 1 saturated carbocycles. The fourth-order valence-corrected chi connectivity index (χ4v) is 2.93. The number of rotatable bonds is 3. The summed E-state index contributed by atoms with van der Waals surface area (Å²) in [5.74, 6) is 0.573. The molecular weight excluding hydrogens is 176 g/mol. The van der Waals surface area contributed by atoms with Crippen molar-refractivity contribution in [1.29, 1.82) is 0 Å². The minimum absolute atomic E-state index is 0.0424. The molecule has 2 N–H and O–H groups in total. The van der Waals surface area contributed by atoms with Gasteiger partial charge in [-0.15, -0.1) is 0 Å². The maximum absolute atomic E-state index is 10.8. The minimum atomic E-state index is -1.75. The number of aliphatic hydroxyl groups excluding tert-OH is 1. The van der Waals surface area contributed by atoms with Crippen molar-refractivity contribution in [3.63, 3.8) is 0 Å². The van der Waals surface area contributed by atoms with Gasteiger partial charge in [0.2, 0.25) is 0 Å². The van der Waals surface area contributed by atoms with Gasteiger partial charge in [-0.25, -0.2) is 4.21 Å². The Morgan fingerprint density at radius 2 is 2.17 bits per heavy atom. The fraction of sp³-hybridized carbons (Fsp3) is 1.00. The van der Waals surface area contributed by atoms with Gasteiger partial charge in [-0.1, -0.05) is 13.3 Å². The molecule has 0 aromatic heterocycles. The third-order valence-electron chi connectivity index (χ3n) is 2.80. The van der Waals surface area contributed by atoms with Crippen LogP contribution in [-0.2, 0) is 11.1 Å². The maximum atomic E-state index is 10.8. The molecule has 0 bridgehead atoms. The molecular formula is C8H16O3S. The molecule has 0 amide bonds. The molecule has 0 spiro atoms. The Bertz CT molecular complexity index is 172. The molecule has 4 atom stereocenters. The van der Waals surface area contributed by atoms with E-state index in [9.17, 15) is 4.21 Å². The molecule has 0 radical (unpaired) electrons. The van der Waals surface area contributed by atoms with E-state index in [-0.39, 0.29) is 17.8 Å². The first-order valence-electron chi connectivity index (χ1n) is 4.39. The van der Waals surface area contributed by atoms with Crippen molar-refractivity contribution in [3.8, 4) is 0 Å². The molecule has 1 rings (SSSR count). The van der Waals surface area contributed by atoms with Crippen LogP contribution in [-0.4, -0.2) is 25.7 Å². The quantitative estimate of drug-likeness (QED) is 0.656. The molecule has 0 saturated heterocycles. The van der Waals surface area contributed by atoms with Crippen molar-refractivity contribution in [2.45, 2.75) is 31.4 Å². The lowest BCUT2D eigenvalue weighted by Crippen LogP contribution is -2.22. The highest BCUT2D eigenvalue weighted by molar-refractivity contribution is 7.79. The average molecular weight is 192 g/mol. The van der Waals surface area contributed by atoms with Gasteiger partial charge in [0.15, 0.2) is 11.1 Å². The van der Waals surface area contributed by atoms with Crippen molar-refractivity contribution >= 4 is 11.1 Å². The predicted molar refractivity (Wildman–Crippen MR) is 48.2 cm³/mol. The van der Waals surface area contributed by atoms with Gasteiger partial charge < -0.3 is 9.66 Å². The normalized spacial score (nSPS) is 38.4. The second-order valence-electron chi connectivity index (χ2n) is 3.50. The summed E-state index contributed by atoms with van der Waals surface area (Å²) >= 11 is -1.75. The smallest absolute Gasteiger partial charge is 0.156 e. The van der Waals surface area contributed by atoms with Crippen molar-refractivity contribution in [2.75, 3.05) is 6.61 Å². The molecule has 4 heteroatoms. The summed E-state index contributed by atoms with van der Waals surface area (Å²) in [4.78, 5) is 0. The van der Waals surface area contributed by atoms with E-state index in [4.69, 9.17) is 9.66 Å². The summed E-state index contributed by atoms with van der Waals surface area (Å²) in [5.41, 5.74) is 0. The zero-order valence-corrected chi connectivity index (χ0v) is 8.09. The maximum Gasteiger partial charge on any atom is 0.156 e. The first-order chi connectivity index (χ1) is 5.69. The van der Waals surface area contributed by atoms with Gasteiger partial charge in [-0.3, -0.25) is 0 Å². The van der Waals surface area contributed by atoms with E-state index in [0.29, 0.717) is 5.92 Å². The number of hydrogen-bond acceptors (Lipinski definition) is 2. The molecule has 1 aliphatic rings. The summed E-state index contributed by atoms with van der Waals surface area (Å²) in [6.07, 6.45) is 2.75. The van der Waals surface area contributed by atoms with E-state index in [1.54, 1.807) is 0 Å². The van der Waals surface area contributed by atoms with Gasteiger partial charge in [0, 0.05) is 6.61 Å². The van der Waals surface area contributed by atoms with Gasteiger partial charge in [0.1, 0.15) is 0 Å². The topological polar surface area (TPSA) is 57.5 Å². The summed E-state index contributed by atoms with van der Waals surface area (Å²) in [6.45, 7) is 2.13. The van der Waals surface area contributed by atoms with Gasteiger partial charge in [-0.2, -0.15) is 0 Å². The second-order valence-corrected chi connectivity index (χ2v) is 4.66. The number of hydrogen-bond donors (Lipinski definition) is 2. The molecule has 1 fully saturated rings. The summed E-state index contributed by atoms with van der Waals surface area (Å²) in [6, 6.07) is 0. The van der Waals surface area contributed by atoms with E-state index in [0.717, 1.165) is 19.3 Å². The van der Waals surface area contributed by atoms with E-state index in [1.165, 1.54) is 0 Å². The standard InChI is InChI=1S/C8H16O3S/c1-2-6-3-7(5-9)8(4-6)12(10)11/h6-9H,2-5H2,1H3,(H,10,11). The fourth-order valence-electron chi connectivity index (χ4n) is 1.97. The van der Waals surface area contributed by atoms with Crippen molar-refractivity contribution in [1.82, 2.24) is 0 Å². The Labute approximate surface area is 75.5 Å². The summed E-state index contributed by atoms with van der Waals surface area (Å²) in [7, 11) is 0. The van der Waals surface area contributed by atoms with Crippen LogP contribution in [0.4, 0.5) is 0 Å². The zero-order valence-electron chi connectivity index (χ0n) is 7.27. The average Bonchev–Trinajstić information content (AvgIpc) is 2.47. The SMILES string of the molecule is CCC1CC(CO)C(S(=O)O)C1. The molecule has 72 valence electrons. The Hall–Kier alpha value is 0.0700. The van der Waals surface area contributed by atoms with Gasteiger partial charge >= 0.3 is 0 Å². The van der Waals surface area contributed by atoms with Crippen LogP contribution in [0.1, 0.15) is 26.2 Å². The lowest BCUT2D eigenvalue weighted by Gasteiger charge is -2.11. The lowest BCUT2D eigenvalue weighted by atomic mass is 10.0. The van der Waals surface area contributed by atoms with Crippen molar-refractivity contribution in [2.24, 2.45) is 11.8 Å². The van der Waals surface area contributed by atoms with Crippen LogP contribution < -0.4 is 0 Å². The van der Waals surface area contributed by atoms with Crippen LogP contribution in [0.15, 0.2) is 0 Å². The molecule has 3 nitrogen and oxygen atoms in total. The largest absolute Gasteiger partial charge is 0.396 e. The van der Waals surface area contributed by atoms with Crippen LogP contribution >= 0.6 is 0 Å². The Kier molecular flexibility index (Phi) is 3.68. The molecule has 1 aliphatic carbocycles. The Morgan fingerprint density at radius 3 is 2.50 bits per heavy atom. The van der Waals surface area contributed by atoms with Crippen molar-refractivity contribution in [3.05, 3.63) is 0 Å². The first kappa shape index (κ1) is 10.2. The Balaban J connectivity index is 2.56. The van der Waals surface area contributed by atoms with Crippen LogP contribution in [0.3, 0.4) is 0 Å². The van der Waals surface area contributed by atoms with E-state index < -0.39 is 11.1 Å². The minimum Gasteiger partial charge on any atom is -0.396 e. The van der Waals surface area contributed by atoms with Crippen LogP contribution in [0.25, 0.3) is 0 Å². The van der Waals surface area contributed by atoms with E-state index in [1.807, 2.05) is 0 Å². The van der Waals surface area contributed by atoms with Gasteiger partial charge in [0.25, 0.3) is 0 Å². The van der Waals surface area contributed by atoms with Crippen LogP contribution in [0.2, 0.25) is 0 Å². The van der Waals surface area contributed by atoms with Crippen LogP contribution in [0, 0.1) is 11.8 Å². The number of aliphatic hydroxyl groups is 1. The third kappa shape index (κ3) is 2.06. The molecule has 0 aromatic carbocycles. The van der Waals surface area contributed by atoms with Gasteiger partial charge in [0.05, 0.1) is 5.25 Å². The predicted octanol–water partition coefficient (Wildman–Crippen LogP) is 1.01. The second kappa shape index (κ2) is 4.35.